The summed E-state index contributed by atoms with van der Waals surface area (Å²) in [6.45, 7) is 6.78. The van der Waals surface area contributed by atoms with Gasteiger partial charge in [0.1, 0.15) is 21.9 Å². The molecule has 1 heterocycles. The lowest BCUT2D eigenvalue weighted by molar-refractivity contribution is -0.156. The summed E-state index contributed by atoms with van der Waals surface area (Å²) in [6, 6.07) is 2.09. The first kappa shape index (κ1) is 16.7. The van der Waals surface area contributed by atoms with E-state index in [-0.39, 0.29) is 15.9 Å². The number of pyridine rings is 1. The van der Waals surface area contributed by atoms with Gasteiger partial charge in [-0.1, -0.05) is 23.2 Å². The summed E-state index contributed by atoms with van der Waals surface area (Å²) in [6.07, 6.45) is 0. The van der Waals surface area contributed by atoms with E-state index < -0.39 is 23.5 Å². The van der Waals surface area contributed by atoms with Gasteiger partial charge < -0.3 is 10.1 Å². The number of hydrogen-bond acceptors (Lipinski definition) is 4. The van der Waals surface area contributed by atoms with Crippen molar-refractivity contribution in [1.29, 1.82) is 0 Å². The van der Waals surface area contributed by atoms with E-state index in [9.17, 15) is 9.59 Å². The lowest BCUT2D eigenvalue weighted by Crippen LogP contribution is -2.42. The van der Waals surface area contributed by atoms with Crippen LogP contribution in [0.15, 0.2) is 12.1 Å². The van der Waals surface area contributed by atoms with Crippen LogP contribution >= 0.6 is 23.2 Å². The highest BCUT2D eigenvalue weighted by molar-refractivity contribution is 6.34. The molecule has 0 aliphatic heterocycles. The minimum absolute atomic E-state index is 0.0219. The maximum atomic E-state index is 12.0. The van der Waals surface area contributed by atoms with Gasteiger partial charge in [-0.05, 0) is 39.8 Å². The van der Waals surface area contributed by atoms with Crippen LogP contribution < -0.4 is 5.32 Å². The van der Waals surface area contributed by atoms with Crippen molar-refractivity contribution in [3.63, 3.8) is 0 Å². The molecular formula is C13H16Cl2N2O3. The summed E-state index contributed by atoms with van der Waals surface area (Å²) in [5.41, 5.74) is -0.471. The summed E-state index contributed by atoms with van der Waals surface area (Å²) in [7, 11) is 0. The molecule has 0 saturated carbocycles. The summed E-state index contributed by atoms with van der Waals surface area (Å²) in [4.78, 5) is 27.5. The van der Waals surface area contributed by atoms with Crippen molar-refractivity contribution in [2.75, 3.05) is 0 Å². The van der Waals surface area contributed by atoms with Gasteiger partial charge in [0.15, 0.2) is 0 Å². The Bertz CT molecular complexity index is 527. The molecule has 0 fully saturated rings. The molecule has 1 rings (SSSR count). The van der Waals surface area contributed by atoms with E-state index in [4.69, 9.17) is 27.9 Å². The Hall–Kier alpha value is -1.33. The van der Waals surface area contributed by atoms with Crippen molar-refractivity contribution in [3.05, 3.63) is 28.0 Å². The second kappa shape index (κ2) is 6.41. The number of amides is 1. The fourth-order valence-corrected chi connectivity index (χ4v) is 1.74. The molecule has 5 nitrogen and oxygen atoms in total. The normalized spacial score (nSPS) is 12.7. The van der Waals surface area contributed by atoms with E-state index in [1.54, 1.807) is 20.8 Å². The summed E-state index contributed by atoms with van der Waals surface area (Å²) < 4.78 is 5.16. The molecule has 0 spiro atoms. The lowest BCUT2D eigenvalue weighted by Gasteiger charge is -2.22. The number of nitrogens with one attached hydrogen (secondary N) is 1. The molecule has 20 heavy (non-hydrogen) atoms. The summed E-state index contributed by atoms with van der Waals surface area (Å²) in [5.74, 6) is -1.04. The largest absolute Gasteiger partial charge is 0.458 e. The molecular weight excluding hydrogens is 303 g/mol. The van der Waals surface area contributed by atoms with Crippen LogP contribution in [-0.2, 0) is 9.53 Å². The Balaban J connectivity index is 2.73. The molecule has 1 aromatic rings. The first-order valence-corrected chi connectivity index (χ1v) is 6.71. The molecule has 0 aliphatic rings. The Labute approximate surface area is 127 Å². The van der Waals surface area contributed by atoms with Crippen molar-refractivity contribution in [3.8, 4) is 0 Å². The number of aromatic nitrogens is 1. The van der Waals surface area contributed by atoms with Gasteiger partial charge in [0, 0.05) is 0 Å². The first-order valence-electron chi connectivity index (χ1n) is 5.96. The van der Waals surface area contributed by atoms with Crippen LogP contribution in [0, 0.1) is 0 Å². The number of carbonyl (C=O) groups excluding carboxylic acids is 2. The quantitative estimate of drug-likeness (QED) is 0.687. The van der Waals surface area contributed by atoms with Gasteiger partial charge in [0.05, 0.1) is 5.56 Å². The van der Waals surface area contributed by atoms with Crippen LogP contribution in [0.3, 0.4) is 0 Å². The number of ether oxygens (including phenoxy) is 1. The minimum Gasteiger partial charge on any atom is -0.458 e. The molecule has 0 bridgehead atoms. The van der Waals surface area contributed by atoms with E-state index in [1.165, 1.54) is 19.1 Å². The molecule has 0 saturated heterocycles. The van der Waals surface area contributed by atoms with Crippen molar-refractivity contribution in [2.45, 2.75) is 39.3 Å². The van der Waals surface area contributed by atoms with Gasteiger partial charge in [-0.15, -0.1) is 0 Å². The Morgan fingerprint density at radius 3 is 2.40 bits per heavy atom. The third-order valence-corrected chi connectivity index (χ3v) is 2.67. The smallest absolute Gasteiger partial charge is 0.328 e. The van der Waals surface area contributed by atoms with Gasteiger partial charge in [0.2, 0.25) is 0 Å². The number of rotatable bonds is 3. The standard InChI is InChI=1S/C13H16Cl2N2O3/c1-7(12(19)20-13(2,3)4)16-11(18)8-5-6-9(14)17-10(8)15/h5-7H,1-4H3,(H,16,18)/t7-/m1/s1. The molecule has 110 valence electrons. The van der Waals surface area contributed by atoms with E-state index in [2.05, 4.69) is 10.3 Å². The fourth-order valence-electron chi connectivity index (χ4n) is 1.30. The predicted molar refractivity (Wildman–Crippen MR) is 77.0 cm³/mol. The summed E-state index contributed by atoms with van der Waals surface area (Å²) >= 11 is 11.5. The highest BCUT2D eigenvalue weighted by Gasteiger charge is 2.24. The Morgan fingerprint density at radius 2 is 1.90 bits per heavy atom. The second-order valence-electron chi connectivity index (χ2n) is 5.20. The molecule has 1 atom stereocenters. The molecule has 1 N–H and O–H groups in total. The van der Waals surface area contributed by atoms with Crippen LogP contribution in [0.5, 0.6) is 0 Å². The van der Waals surface area contributed by atoms with Crippen molar-refractivity contribution >= 4 is 35.1 Å². The zero-order valence-electron chi connectivity index (χ0n) is 11.7. The average Bonchev–Trinajstić information content (AvgIpc) is 2.26. The Morgan fingerprint density at radius 1 is 1.30 bits per heavy atom. The maximum absolute atomic E-state index is 12.0. The van der Waals surface area contributed by atoms with Gasteiger partial charge in [0.25, 0.3) is 5.91 Å². The van der Waals surface area contributed by atoms with E-state index in [1.807, 2.05) is 0 Å². The summed E-state index contributed by atoms with van der Waals surface area (Å²) in [5, 5.41) is 2.66. The molecule has 7 heteroatoms. The van der Waals surface area contributed by atoms with E-state index in [0.717, 1.165) is 0 Å². The minimum atomic E-state index is -0.798. The number of hydrogen-bond donors (Lipinski definition) is 1. The fraction of sp³-hybridized carbons (Fsp3) is 0.462. The highest BCUT2D eigenvalue weighted by Crippen LogP contribution is 2.16. The Kier molecular flexibility index (Phi) is 5.36. The molecule has 0 unspecified atom stereocenters. The van der Waals surface area contributed by atoms with Gasteiger partial charge in [-0.2, -0.15) is 0 Å². The molecule has 1 aromatic heterocycles. The number of carbonyl (C=O) groups is 2. The third kappa shape index (κ3) is 4.98. The number of nitrogens with zero attached hydrogens (tertiary/aromatic N) is 1. The third-order valence-electron chi connectivity index (χ3n) is 2.17. The van der Waals surface area contributed by atoms with Crippen molar-refractivity contribution < 1.29 is 14.3 Å². The van der Waals surface area contributed by atoms with Crippen LogP contribution in [0.25, 0.3) is 0 Å². The van der Waals surface area contributed by atoms with Gasteiger partial charge in [-0.3, -0.25) is 4.79 Å². The zero-order valence-corrected chi connectivity index (χ0v) is 13.2. The van der Waals surface area contributed by atoms with Crippen LogP contribution in [-0.4, -0.2) is 28.5 Å². The zero-order chi connectivity index (χ0) is 15.5. The number of esters is 1. The monoisotopic (exact) mass is 318 g/mol. The maximum Gasteiger partial charge on any atom is 0.328 e. The lowest BCUT2D eigenvalue weighted by atomic mass is 10.2. The average molecular weight is 319 g/mol. The predicted octanol–water partition coefficient (Wildman–Crippen LogP) is 2.85. The molecule has 1 amide bonds. The van der Waals surface area contributed by atoms with Gasteiger partial charge >= 0.3 is 5.97 Å². The molecule has 0 radical (unpaired) electrons. The van der Waals surface area contributed by atoms with E-state index in [0.29, 0.717) is 0 Å². The molecule has 0 aromatic carbocycles. The first-order chi connectivity index (χ1) is 9.10. The SMILES string of the molecule is C[C@@H](NC(=O)c1ccc(Cl)nc1Cl)C(=O)OC(C)(C)C. The van der Waals surface area contributed by atoms with Crippen LogP contribution in [0.2, 0.25) is 10.3 Å². The van der Waals surface area contributed by atoms with E-state index >= 15 is 0 Å². The topological polar surface area (TPSA) is 68.3 Å². The number of halogens is 2. The van der Waals surface area contributed by atoms with Crippen molar-refractivity contribution in [1.82, 2.24) is 10.3 Å². The second-order valence-corrected chi connectivity index (χ2v) is 5.95. The highest BCUT2D eigenvalue weighted by atomic mass is 35.5. The van der Waals surface area contributed by atoms with Gasteiger partial charge in [-0.25, -0.2) is 9.78 Å². The van der Waals surface area contributed by atoms with Crippen LogP contribution in [0.4, 0.5) is 0 Å². The molecule has 0 aliphatic carbocycles. The van der Waals surface area contributed by atoms with Crippen LogP contribution in [0.1, 0.15) is 38.1 Å². The van der Waals surface area contributed by atoms with Crippen molar-refractivity contribution in [2.24, 2.45) is 0 Å².